The van der Waals surface area contributed by atoms with E-state index in [1.54, 1.807) is 66.7 Å². The van der Waals surface area contributed by atoms with Gasteiger partial charge in [-0.3, -0.25) is 0 Å². The quantitative estimate of drug-likeness (QED) is 0.430. The van der Waals surface area contributed by atoms with Crippen LogP contribution in [0.3, 0.4) is 0 Å². The predicted octanol–water partition coefficient (Wildman–Crippen LogP) is 3.62. The van der Waals surface area contributed by atoms with Crippen molar-refractivity contribution < 1.29 is 13.5 Å². The summed E-state index contributed by atoms with van der Waals surface area (Å²) in [5, 5.41) is 14.4. The number of aliphatic hydroxyl groups is 1. The zero-order valence-electron chi connectivity index (χ0n) is 18.9. The van der Waals surface area contributed by atoms with E-state index in [0.29, 0.717) is 35.1 Å². The van der Waals surface area contributed by atoms with Gasteiger partial charge >= 0.3 is 0 Å². The molecule has 3 aromatic carbocycles. The Morgan fingerprint density at radius 2 is 1.71 bits per heavy atom. The Bertz CT molecular complexity index is 1510. The third kappa shape index (κ3) is 4.75. The third-order valence-electron chi connectivity index (χ3n) is 5.88. The van der Waals surface area contributed by atoms with E-state index in [4.69, 9.17) is 0 Å². The number of hydrogen-bond acceptors (Lipinski definition) is 6. The lowest BCUT2D eigenvalue weighted by atomic mass is 9.94. The molecule has 1 saturated heterocycles. The molecule has 7 nitrogen and oxygen atoms in total. The van der Waals surface area contributed by atoms with Crippen molar-refractivity contribution in [3.05, 3.63) is 90.8 Å². The summed E-state index contributed by atoms with van der Waals surface area (Å²) >= 11 is 0. The summed E-state index contributed by atoms with van der Waals surface area (Å²) < 4.78 is 28.9. The fourth-order valence-electron chi connectivity index (χ4n) is 4.10. The Morgan fingerprint density at radius 3 is 2.43 bits per heavy atom. The fraction of sp³-hybridized carbons (Fsp3) is 0.185. The molecular weight excluding hydrogens is 460 g/mol. The van der Waals surface area contributed by atoms with Crippen LogP contribution in [0.5, 0.6) is 0 Å². The van der Waals surface area contributed by atoms with E-state index >= 15 is 0 Å². The van der Waals surface area contributed by atoms with E-state index in [2.05, 4.69) is 27.1 Å². The number of β-amino-alcohol motifs (C(OH)–C–C–N with tert-alkyl or cyclic N) is 1. The van der Waals surface area contributed by atoms with Crippen molar-refractivity contribution in [2.24, 2.45) is 0 Å². The van der Waals surface area contributed by atoms with Crippen LogP contribution >= 0.6 is 0 Å². The van der Waals surface area contributed by atoms with Gasteiger partial charge < -0.3 is 10.4 Å². The average molecular weight is 485 g/mol. The molecule has 0 bridgehead atoms. The van der Waals surface area contributed by atoms with Crippen LogP contribution in [0.15, 0.2) is 90.1 Å². The second kappa shape index (κ2) is 9.47. The minimum absolute atomic E-state index is 0.151. The molecule has 1 fully saturated rings. The molecule has 176 valence electrons. The number of sulfonamides is 1. The van der Waals surface area contributed by atoms with Crippen LogP contribution in [0.25, 0.3) is 10.9 Å². The summed E-state index contributed by atoms with van der Waals surface area (Å²) in [7, 11) is -3.99. The summed E-state index contributed by atoms with van der Waals surface area (Å²) in [6.45, 7) is 1.28. The lowest BCUT2D eigenvalue weighted by Gasteiger charge is -2.27. The Kier molecular flexibility index (Phi) is 6.22. The second-order valence-corrected chi connectivity index (χ2v) is 10.2. The SMILES string of the molecule is O=S(=O)(c1ccccc1)N(c1ccccc1)c1ncnc2ccc(C#CC3(O)CCCNC3)cc12. The topological polar surface area (TPSA) is 95.4 Å². The lowest BCUT2D eigenvalue weighted by Crippen LogP contribution is -2.44. The van der Waals surface area contributed by atoms with E-state index in [0.717, 1.165) is 13.0 Å². The van der Waals surface area contributed by atoms with Gasteiger partial charge in [0.15, 0.2) is 5.82 Å². The Hall–Kier alpha value is -3.77. The molecule has 0 aliphatic carbocycles. The van der Waals surface area contributed by atoms with E-state index in [1.165, 1.54) is 10.6 Å². The molecule has 0 radical (unpaired) electrons. The minimum Gasteiger partial charge on any atom is -0.376 e. The van der Waals surface area contributed by atoms with Gasteiger partial charge in [0.2, 0.25) is 0 Å². The molecule has 5 rings (SSSR count). The molecule has 1 aromatic heterocycles. The highest BCUT2D eigenvalue weighted by atomic mass is 32.2. The van der Waals surface area contributed by atoms with Gasteiger partial charge in [0, 0.05) is 17.5 Å². The second-order valence-electron chi connectivity index (χ2n) is 8.41. The van der Waals surface area contributed by atoms with Crippen LogP contribution < -0.4 is 9.62 Å². The molecule has 4 aromatic rings. The van der Waals surface area contributed by atoms with Crippen LogP contribution in [0, 0.1) is 11.8 Å². The maximum atomic E-state index is 13.8. The summed E-state index contributed by atoms with van der Waals surface area (Å²) in [6, 6.07) is 22.5. The molecule has 2 heterocycles. The van der Waals surface area contributed by atoms with Crippen molar-refractivity contribution >= 4 is 32.4 Å². The molecule has 0 spiro atoms. The summed E-state index contributed by atoms with van der Waals surface area (Å²) in [6.07, 6.45) is 2.81. The molecule has 2 N–H and O–H groups in total. The number of nitrogens with zero attached hydrogens (tertiary/aromatic N) is 3. The van der Waals surface area contributed by atoms with Crippen molar-refractivity contribution in [3.63, 3.8) is 0 Å². The van der Waals surface area contributed by atoms with Gasteiger partial charge in [-0.05, 0) is 61.9 Å². The van der Waals surface area contributed by atoms with Gasteiger partial charge in [-0.15, -0.1) is 0 Å². The number of hydrogen-bond donors (Lipinski definition) is 2. The number of nitrogens with one attached hydrogen (secondary N) is 1. The van der Waals surface area contributed by atoms with Crippen molar-refractivity contribution in [3.8, 4) is 11.8 Å². The normalized spacial score (nSPS) is 18.0. The molecular formula is C27H24N4O3S. The Labute approximate surface area is 204 Å². The summed E-state index contributed by atoms with van der Waals surface area (Å²) in [4.78, 5) is 8.90. The molecule has 1 atom stereocenters. The Balaban J connectivity index is 1.66. The monoisotopic (exact) mass is 484 g/mol. The highest BCUT2D eigenvalue weighted by Gasteiger charge is 2.29. The third-order valence-corrected chi connectivity index (χ3v) is 7.61. The Morgan fingerprint density at radius 1 is 0.971 bits per heavy atom. The van der Waals surface area contributed by atoms with Gasteiger partial charge in [-0.25, -0.2) is 22.7 Å². The lowest BCUT2D eigenvalue weighted by molar-refractivity contribution is 0.0736. The maximum Gasteiger partial charge on any atom is 0.269 e. The molecule has 0 saturated carbocycles. The highest BCUT2D eigenvalue weighted by Crippen LogP contribution is 2.35. The van der Waals surface area contributed by atoms with Crippen molar-refractivity contribution in [2.75, 3.05) is 17.4 Å². The van der Waals surface area contributed by atoms with Crippen LogP contribution in [0.4, 0.5) is 11.5 Å². The highest BCUT2D eigenvalue weighted by molar-refractivity contribution is 7.93. The number of aromatic nitrogens is 2. The van der Waals surface area contributed by atoms with Crippen molar-refractivity contribution in [2.45, 2.75) is 23.3 Å². The number of rotatable bonds is 4. The zero-order chi connectivity index (χ0) is 24.3. The van der Waals surface area contributed by atoms with Gasteiger partial charge in [0.05, 0.1) is 16.1 Å². The molecule has 1 aliphatic rings. The average Bonchev–Trinajstić information content (AvgIpc) is 2.89. The summed E-state index contributed by atoms with van der Waals surface area (Å²) in [5.41, 5.74) is 0.589. The van der Waals surface area contributed by atoms with Crippen LogP contribution in [0.2, 0.25) is 0 Å². The van der Waals surface area contributed by atoms with Gasteiger partial charge in [0.1, 0.15) is 11.9 Å². The van der Waals surface area contributed by atoms with Crippen LogP contribution in [-0.2, 0) is 10.0 Å². The van der Waals surface area contributed by atoms with Crippen molar-refractivity contribution in [1.82, 2.24) is 15.3 Å². The van der Waals surface area contributed by atoms with Gasteiger partial charge in [-0.2, -0.15) is 0 Å². The fourth-order valence-corrected chi connectivity index (χ4v) is 5.59. The van der Waals surface area contributed by atoms with Gasteiger partial charge in [-0.1, -0.05) is 48.2 Å². The first-order valence-electron chi connectivity index (χ1n) is 11.3. The molecule has 8 heteroatoms. The molecule has 1 unspecified atom stereocenters. The first-order chi connectivity index (χ1) is 17.0. The van der Waals surface area contributed by atoms with Gasteiger partial charge in [0.25, 0.3) is 10.0 Å². The van der Waals surface area contributed by atoms with E-state index < -0.39 is 15.6 Å². The van der Waals surface area contributed by atoms with E-state index in [-0.39, 0.29) is 10.7 Å². The first kappa shape index (κ1) is 23.0. The standard InChI is InChI=1S/C27H24N4O3S/c32-27(15-7-17-28-19-27)16-14-21-12-13-25-24(18-21)26(30-20-29-25)31(22-8-3-1-4-9-22)35(33,34)23-10-5-2-6-11-23/h1-6,8-13,18,20,28,32H,7,15,17,19H2. The largest absolute Gasteiger partial charge is 0.376 e. The minimum atomic E-state index is -3.99. The molecule has 1 aliphatic heterocycles. The van der Waals surface area contributed by atoms with E-state index in [1.807, 2.05) is 12.1 Å². The van der Waals surface area contributed by atoms with Crippen molar-refractivity contribution in [1.29, 1.82) is 0 Å². The van der Waals surface area contributed by atoms with E-state index in [9.17, 15) is 13.5 Å². The first-order valence-corrected chi connectivity index (χ1v) is 12.8. The number of benzene rings is 3. The summed E-state index contributed by atoms with van der Waals surface area (Å²) in [5.74, 6) is 6.27. The smallest absolute Gasteiger partial charge is 0.269 e. The number of piperidine rings is 1. The molecule has 0 amide bonds. The predicted molar refractivity (Wildman–Crippen MR) is 136 cm³/mol. The molecule has 35 heavy (non-hydrogen) atoms. The number of para-hydroxylation sites is 1. The zero-order valence-corrected chi connectivity index (χ0v) is 19.7. The number of anilines is 2. The maximum absolute atomic E-state index is 13.8. The number of fused-ring (bicyclic) bond motifs is 1. The van der Waals surface area contributed by atoms with Crippen LogP contribution in [-0.4, -0.2) is 42.2 Å². The van der Waals surface area contributed by atoms with Crippen LogP contribution in [0.1, 0.15) is 18.4 Å².